The van der Waals surface area contributed by atoms with Crippen molar-refractivity contribution in [1.29, 1.82) is 0 Å². The van der Waals surface area contributed by atoms with Crippen LogP contribution in [0.2, 0.25) is 0 Å². The van der Waals surface area contributed by atoms with Crippen LogP contribution in [0, 0.1) is 5.82 Å². The highest BCUT2D eigenvalue weighted by molar-refractivity contribution is 5.75. The van der Waals surface area contributed by atoms with Gasteiger partial charge in [-0.15, -0.1) is 0 Å². The maximum atomic E-state index is 13.7. The number of aliphatic hydroxyl groups excluding tert-OH is 2. The molecule has 7 heteroatoms. The number of β-amino-alcohol motifs (C(OH)–C–C–N with tert-alkyl or cyclic N) is 1. The normalized spacial score (nSPS) is 21.4. The van der Waals surface area contributed by atoms with Crippen LogP contribution in [0.5, 0.6) is 5.75 Å². The SMILES string of the molecule is COc1ccc(CNC(=O)N2C[C@@H](O)C[C@H]2CO)c(F)c1. The van der Waals surface area contributed by atoms with E-state index in [4.69, 9.17) is 4.74 Å². The van der Waals surface area contributed by atoms with Gasteiger partial charge in [-0.3, -0.25) is 0 Å². The van der Waals surface area contributed by atoms with E-state index in [0.29, 0.717) is 17.7 Å². The standard InChI is InChI=1S/C14H19FN2O4/c1-21-12-3-2-9(13(15)5-12)6-16-14(20)17-7-11(19)4-10(17)8-18/h2-3,5,10-11,18-19H,4,6-8H2,1H3,(H,16,20)/t10-,11-/m0/s1. The molecule has 2 amide bonds. The summed E-state index contributed by atoms with van der Waals surface area (Å²) in [7, 11) is 1.45. The topological polar surface area (TPSA) is 82.0 Å². The van der Waals surface area contributed by atoms with Gasteiger partial charge in [0.05, 0.1) is 25.9 Å². The monoisotopic (exact) mass is 298 g/mol. The first-order valence-corrected chi connectivity index (χ1v) is 6.71. The Hall–Kier alpha value is -1.86. The number of nitrogens with zero attached hydrogens (tertiary/aromatic N) is 1. The van der Waals surface area contributed by atoms with Gasteiger partial charge in [-0.2, -0.15) is 0 Å². The van der Waals surface area contributed by atoms with E-state index < -0.39 is 24.0 Å². The van der Waals surface area contributed by atoms with Crippen molar-refractivity contribution in [2.75, 3.05) is 20.3 Å². The number of ether oxygens (including phenoxy) is 1. The van der Waals surface area contributed by atoms with Crippen molar-refractivity contribution in [2.24, 2.45) is 0 Å². The first-order valence-electron chi connectivity index (χ1n) is 6.71. The lowest BCUT2D eigenvalue weighted by Gasteiger charge is -2.23. The van der Waals surface area contributed by atoms with Crippen molar-refractivity contribution in [1.82, 2.24) is 10.2 Å². The molecule has 0 spiro atoms. The van der Waals surface area contributed by atoms with E-state index in [1.165, 1.54) is 24.1 Å². The Morgan fingerprint density at radius 2 is 2.33 bits per heavy atom. The Kier molecular flexibility index (Phi) is 4.98. The zero-order chi connectivity index (χ0) is 15.4. The lowest BCUT2D eigenvalue weighted by atomic mass is 10.2. The second-order valence-corrected chi connectivity index (χ2v) is 4.99. The Morgan fingerprint density at radius 1 is 1.57 bits per heavy atom. The molecule has 1 fully saturated rings. The van der Waals surface area contributed by atoms with Crippen molar-refractivity contribution in [3.63, 3.8) is 0 Å². The minimum atomic E-state index is -0.634. The Bertz CT molecular complexity index is 512. The third-order valence-corrected chi connectivity index (χ3v) is 3.55. The summed E-state index contributed by atoms with van der Waals surface area (Å²) in [5, 5.41) is 21.3. The summed E-state index contributed by atoms with van der Waals surface area (Å²) < 4.78 is 18.7. The Morgan fingerprint density at radius 3 is 2.95 bits per heavy atom. The molecule has 2 rings (SSSR count). The van der Waals surface area contributed by atoms with Crippen molar-refractivity contribution >= 4 is 6.03 Å². The van der Waals surface area contributed by atoms with Gasteiger partial charge in [-0.05, 0) is 12.5 Å². The zero-order valence-electron chi connectivity index (χ0n) is 11.8. The van der Waals surface area contributed by atoms with Gasteiger partial charge in [0, 0.05) is 24.7 Å². The molecule has 6 nitrogen and oxygen atoms in total. The van der Waals surface area contributed by atoms with E-state index in [0.717, 1.165) is 0 Å². The number of amides is 2. The lowest BCUT2D eigenvalue weighted by Crippen LogP contribution is -2.44. The highest BCUT2D eigenvalue weighted by atomic mass is 19.1. The number of hydrogen-bond acceptors (Lipinski definition) is 4. The fraction of sp³-hybridized carbons (Fsp3) is 0.500. The molecule has 0 unspecified atom stereocenters. The van der Waals surface area contributed by atoms with E-state index >= 15 is 0 Å². The molecule has 0 aromatic heterocycles. The van der Waals surface area contributed by atoms with Crippen molar-refractivity contribution < 1.29 is 24.1 Å². The summed E-state index contributed by atoms with van der Waals surface area (Å²) in [6, 6.07) is 3.57. The number of hydrogen-bond donors (Lipinski definition) is 3. The minimum Gasteiger partial charge on any atom is -0.497 e. The van der Waals surface area contributed by atoms with Gasteiger partial charge in [0.25, 0.3) is 0 Å². The first-order chi connectivity index (χ1) is 10.0. The summed E-state index contributed by atoms with van der Waals surface area (Å²) >= 11 is 0. The maximum absolute atomic E-state index is 13.7. The van der Waals surface area contributed by atoms with Crippen LogP contribution in [0.1, 0.15) is 12.0 Å². The molecule has 21 heavy (non-hydrogen) atoms. The number of carbonyl (C=O) groups excluding carboxylic acids is 1. The minimum absolute atomic E-state index is 0.0272. The third kappa shape index (κ3) is 3.62. The van der Waals surface area contributed by atoms with Crippen molar-refractivity contribution in [3.05, 3.63) is 29.6 Å². The summed E-state index contributed by atoms with van der Waals surface area (Å²) in [5.74, 6) is -0.0552. The van der Waals surface area contributed by atoms with Gasteiger partial charge < -0.3 is 25.2 Å². The number of rotatable bonds is 4. The van der Waals surface area contributed by atoms with E-state index in [-0.39, 0.29) is 19.7 Å². The van der Waals surface area contributed by atoms with Gasteiger partial charge in [0.1, 0.15) is 11.6 Å². The molecule has 2 atom stereocenters. The number of halogens is 1. The quantitative estimate of drug-likeness (QED) is 0.755. The highest BCUT2D eigenvalue weighted by Crippen LogP contribution is 2.18. The maximum Gasteiger partial charge on any atom is 0.318 e. The smallest absolute Gasteiger partial charge is 0.318 e. The summed E-state index contributed by atoms with van der Waals surface area (Å²) in [6.45, 7) is -0.0110. The Balaban J connectivity index is 1.95. The Labute approximate surface area is 122 Å². The molecule has 0 bridgehead atoms. The molecule has 1 aliphatic heterocycles. The summed E-state index contributed by atoms with van der Waals surface area (Å²) in [6.07, 6.45) is -0.286. The molecule has 116 valence electrons. The number of urea groups is 1. The fourth-order valence-electron chi connectivity index (χ4n) is 2.38. The molecule has 0 radical (unpaired) electrons. The molecule has 3 N–H and O–H groups in total. The van der Waals surface area contributed by atoms with Gasteiger partial charge >= 0.3 is 6.03 Å². The van der Waals surface area contributed by atoms with E-state index in [1.807, 2.05) is 0 Å². The third-order valence-electron chi connectivity index (χ3n) is 3.55. The first kappa shape index (κ1) is 15.5. The number of carbonyl (C=O) groups is 1. The fourth-order valence-corrected chi connectivity index (χ4v) is 2.38. The summed E-state index contributed by atoms with van der Waals surface area (Å²) in [4.78, 5) is 13.4. The van der Waals surface area contributed by atoms with Gasteiger partial charge in [0.2, 0.25) is 0 Å². The predicted molar refractivity (Wildman–Crippen MR) is 73.4 cm³/mol. The van der Waals surface area contributed by atoms with Gasteiger partial charge in [-0.1, -0.05) is 6.07 Å². The molecule has 1 aromatic carbocycles. The van der Waals surface area contributed by atoms with Crippen LogP contribution in [0.4, 0.5) is 9.18 Å². The molecule has 0 saturated carbocycles. The molecule has 1 heterocycles. The largest absolute Gasteiger partial charge is 0.497 e. The van der Waals surface area contributed by atoms with Crippen LogP contribution in [0.3, 0.4) is 0 Å². The van der Waals surface area contributed by atoms with Crippen LogP contribution >= 0.6 is 0 Å². The highest BCUT2D eigenvalue weighted by Gasteiger charge is 2.33. The number of nitrogens with one attached hydrogen (secondary N) is 1. The second kappa shape index (κ2) is 6.73. The van der Waals surface area contributed by atoms with E-state index in [1.54, 1.807) is 6.07 Å². The molecular weight excluding hydrogens is 279 g/mol. The molecule has 1 aliphatic rings. The number of likely N-dealkylation sites (tertiary alicyclic amines) is 1. The van der Waals surface area contributed by atoms with Crippen LogP contribution in [0.25, 0.3) is 0 Å². The van der Waals surface area contributed by atoms with Gasteiger partial charge in [-0.25, -0.2) is 9.18 Å². The summed E-state index contributed by atoms with van der Waals surface area (Å²) in [5.41, 5.74) is 0.337. The van der Waals surface area contributed by atoms with Crippen molar-refractivity contribution in [3.8, 4) is 5.75 Å². The average Bonchev–Trinajstić information content (AvgIpc) is 2.86. The van der Waals surface area contributed by atoms with Crippen LogP contribution < -0.4 is 10.1 Å². The number of benzene rings is 1. The molecule has 1 saturated heterocycles. The number of aliphatic hydroxyl groups is 2. The van der Waals surface area contributed by atoms with Crippen LogP contribution in [-0.2, 0) is 6.54 Å². The van der Waals surface area contributed by atoms with Crippen molar-refractivity contribution in [2.45, 2.75) is 25.1 Å². The predicted octanol–water partition coefficient (Wildman–Crippen LogP) is 0.471. The van der Waals surface area contributed by atoms with E-state index in [9.17, 15) is 19.4 Å². The lowest BCUT2D eigenvalue weighted by molar-refractivity contribution is 0.154. The van der Waals surface area contributed by atoms with Crippen LogP contribution in [-0.4, -0.2) is 53.6 Å². The molecule has 1 aromatic rings. The van der Waals surface area contributed by atoms with Gasteiger partial charge in [0.15, 0.2) is 0 Å². The zero-order valence-corrected chi connectivity index (χ0v) is 11.8. The number of methoxy groups -OCH3 is 1. The average molecular weight is 298 g/mol. The molecule has 0 aliphatic carbocycles. The van der Waals surface area contributed by atoms with E-state index in [2.05, 4.69) is 5.32 Å². The second-order valence-electron chi connectivity index (χ2n) is 4.99. The molecular formula is C14H19FN2O4. The van der Waals surface area contributed by atoms with Crippen LogP contribution in [0.15, 0.2) is 18.2 Å².